The van der Waals surface area contributed by atoms with Crippen molar-refractivity contribution in [3.63, 3.8) is 0 Å². The minimum Gasteiger partial charge on any atom is -0.368 e. The normalized spacial score (nSPS) is 17.5. The Morgan fingerprint density at radius 2 is 1.90 bits per heavy atom. The lowest BCUT2D eigenvalue weighted by molar-refractivity contribution is -0.130. The lowest BCUT2D eigenvalue weighted by Crippen LogP contribution is -2.49. The maximum absolute atomic E-state index is 12.7. The van der Waals surface area contributed by atoms with Crippen LogP contribution in [0.5, 0.6) is 0 Å². The number of carbonyl (C=O) groups is 2. The van der Waals surface area contributed by atoms with E-state index in [1.807, 2.05) is 34.5 Å². The second-order valence-electron chi connectivity index (χ2n) is 8.10. The van der Waals surface area contributed by atoms with Gasteiger partial charge >= 0.3 is 6.03 Å². The first-order valence-electron chi connectivity index (χ1n) is 10.9. The zero-order chi connectivity index (χ0) is 21.6. The Labute approximate surface area is 191 Å². The average Bonchev–Trinajstić information content (AvgIpc) is 3.21. The van der Waals surface area contributed by atoms with Crippen LogP contribution in [-0.4, -0.2) is 54.0 Å². The summed E-state index contributed by atoms with van der Waals surface area (Å²) < 4.78 is 0. The Bertz CT molecular complexity index is 907. The highest BCUT2D eigenvalue weighted by Gasteiger charge is 2.22. The molecule has 0 unspecified atom stereocenters. The third-order valence-electron chi connectivity index (χ3n) is 5.85. The van der Waals surface area contributed by atoms with Gasteiger partial charge in [0.2, 0.25) is 5.91 Å². The molecule has 9 heteroatoms. The topological polar surface area (TPSA) is 77.6 Å². The molecule has 31 heavy (non-hydrogen) atoms. The molecular weight excluding hydrogens is 434 g/mol. The van der Waals surface area contributed by atoms with Gasteiger partial charge in [-0.1, -0.05) is 36.9 Å². The van der Waals surface area contributed by atoms with E-state index >= 15 is 0 Å². The summed E-state index contributed by atoms with van der Waals surface area (Å²) in [5.74, 6) is 0.0641. The highest BCUT2D eigenvalue weighted by atomic mass is 35.5. The van der Waals surface area contributed by atoms with Crippen LogP contribution in [0.2, 0.25) is 5.02 Å². The van der Waals surface area contributed by atoms with Crippen LogP contribution in [0.15, 0.2) is 29.6 Å². The lowest BCUT2D eigenvalue weighted by atomic mass is 9.96. The SMILES string of the molecule is O=C(Nc1nc(CC(=O)N2CCN(c3cccc(Cl)c3)CC2)cs1)NC1CCCCC1. The highest BCUT2D eigenvalue weighted by molar-refractivity contribution is 7.13. The molecule has 0 bridgehead atoms. The van der Waals surface area contributed by atoms with Gasteiger partial charge in [0, 0.05) is 48.3 Å². The molecule has 4 rings (SSSR count). The molecule has 0 radical (unpaired) electrons. The van der Waals surface area contributed by atoms with Gasteiger partial charge in [0.1, 0.15) is 0 Å². The molecule has 2 N–H and O–H groups in total. The van der Waals surface area contributed by atoms with Crippen LogP contribution < -0.4 is 15.5 Å². The first-order chi connectivity index (χ1) is 15.1. The molecule has 1 aromatic heterocycles. The van der Waals surface area contributed by atoms with E-state index in [9.17, 15) is 9.59 Å². The lowest BCUT2D eigenvalue weighted by Gasteiger charge is -2.36. The molecule has 0 spiro atoms. The molecule has 2 aromatic rings. The number of hydrogen-bond acceptors (Lipinski definition) is 5. The minimum absolute atomic E-state index is 0.0641. The fraction of sp³-hybridized carbons (Fsp3) is 0.500. The Kier molecular flexibility index (Phi) is 7.29. The second kappa shape index (κ2) is 10.3. The van der Waals surface area contributed by atoms with Gasteiger partial charge in [0.05, 0.1) is 12.1 Å². The number of amides is 3. The van der Waals surface area contributed by atoms with Crippen LogP contribution in [0, 0.1) is 0 Å². The number of aromatic nitrogens is 1. The van der Waals surface area contributed by atoms with Crippen LogP contribution in [0.25, 0.3) is 0 Å². The van der Waals surface area contributed by atoms with Gasteiger partial charge in [0.25, 0.3) is 0 Å². The number of piperazine rings is 1. The quantitative estimate of drug-likeness (QED) is 0.701. The van der Waals surface area contributed by atoms with Crippen LogP contribution in [0.3, 0.4) is 0 Å². The monoisotopic (exact) mass is 461 g/mol. The van der Waals surface area contributed by atoms with E-state index in [4.69, 9.17) is 11.6 Å². The zero-order valence-corrected chi connectivity index (χ0v) is 19.1. The predicted octanol–water partition coefficient (Wildman–Crippen LogP) is 4.14. The average molecular weight is 462 g/mol. The number of urea groups is 1. The summed E-state index contributed by atoms with van der Waals surface area (Å²) in [5, 5.41) is 8.92. The molecule has 0 atom stereocenters. The smallest absolute Gasteiger partial charge is 0.321 e. The van der Waals surface area contributed by atoms with Crippen molar-refractivity contribution in [2.24, 2.45) is 0 Å². The minimum atomic E-state index is -0.212. The number of rotatable bonds is 5. The van der Waals surface area contributed by atoms with Gasteiger partial charge in [-0.25, -0.2) is 9.78 Å². The maximum atomic E-state index is 12.7. The predicted molar refractivity (Wildman–Crippen MR) is 125 cm³/mol. The molecule has 1 aliphatic carbocycles. The van der Waals surface area contributed by atoms with Crippen LogP contribution in [0.1, 0.15) is 37.8 Å². The molecule has 2 heterocycles. The van der Waals surface area contributed by atoms with E-state index in [2.05, 4.69) is 20.5 Å². The highest BCUT2D eigenvalue weighted by Crippen LogP contribution is 2.22. The van der Waals surface area contributed by atoms with E-state index in [0.717, 1.165) is 36.6 Å². The van der Waals surface area contributed by atoms with Gasteiger partial charge in [-0.05, 0) is 31.0 Å². The second-order valence-corrected chi connectivity index (χ2v) is 9.40. The molecule has 1 aliphatic heterocycles. The number of nitrogens with zero attached hydrogens (tertiary/aromatic N) is 3. The van der Waals surface area contributed by atoms with Crippen molar-refractivity contribution < 1.29 is 9.59 Å². The zero-order valence-electron chi connectivity index (χ0n) is 17.5. The van der Waals surface area contributed by atoms with Crippen molar-refractivity contribution >= 4 is 45.7 Å². The van der Waals surface area contributed by atoms with Crippen molar-refractivity contribution in [3.05, 3.63) is 40.4 Å². The van der Waals surface area contributed by atoms with Crippen LogP contribution in [0.4, 0.5) is 15.6 Å². The standard InChI is InChI=1S/C22H28ClN5O2S/c23-16-5-4-8-19(13-16)27-9-11-28(12-10-27)20(29)14-18-15-31-22(25-18)26-21(30)24-17-6-2-1-3-7-17/h4-5,8,13,15,17H,1-3,6-7,9-12,14H2,(H2,24,25,26,30). The van der Waals surface area contributed by atoms with Gasteiger partial charge in [-0.3, -0.25) is 10.1 Å². The van der Waals surface area contributed by atoms with Crippen molar-refractivity contribution in [1.29, 1.82) is 0 Å². The van der Waals surface area contributed by atoms with Gasteiger partial charge in [0.15, 0.2) is 5.13 Å². The van der Waals surface area contributed by atoms with E-state index in [-0.39, 0.29) is 24.4 Å². The third kappa shape index (κ3) is 6.11. The number of nitrogens with one attached hydrogen (secondary N) is 2. The summed E-state index contributed by atoms with van der Waals surface area (Å²) in [5.41, 5.74) is 1.78. The number of hydrogen-bond donors (Lipinski definition) is 2. The summed E-state index contributed by atoms with van der Waals surface area (Å²) in [4.78, 5) is 33.4. The summed E-state index contributed by atoms with van der Waals surface area (Å²) in [6.07, 6.45) is 5.91. The molecule has 7 nitrogen and oxygen atoms in total. The fourth-order valence-electron chi connectivity index (χ4n) is 4.16. The molecule has 1 aromatic carbocycles. The Hall–Kier alpha value is -2.32. The number of carbonyl (C=O) groups excluding carboxylic acids is 2. The van der Waals surface area contributed by atoms with Gasteiger partial charge in [-0.2, -0.15) is 0 Å². The van der Waals surface area contributed by atoms with E-state index in [1.165, 1.54) is 30.6 Å². The number of benzene rings is 1. The largest absolute Gasteiger partial charge is 0.368 e. The molecule has 3 amide bonds. The molecule has 2 aliphatic rings. The Morgan fingerprint density at radius 1 is 1.13 bits per heavy atom. The van der Waals surface area contributed by atoms with Crippen LogP contribution in [-0.2, 0) is 11.2 Å². The Morgan fingerprint density at radius 3 is 2.65 bits per heavy atom. The van der Waals surface area contributed by atoms with Crippen LogP contribution >= 0.6 is 22.9 Å². The summed E-state index contributed by atoms with van der Waals surface area (Å²) in [7, 11) is 0. The van der Waals surface area contributed by atoms with Gasteiger partial charge < -0.3 is 15.1 Å². The summed E-state index contributed by atoms with van der Waals surface area (Å²) in [6.45, 7) is 2.89. The first kappa shape index (κ1) is 21.9. The summed E-state index contributed by atoms with van der Waals surface area (Å²) in [6, 6.07) is 7.83. The Balaban J connectivity index is 1.23. The van der Waals surface area contributed by atoms with E-state index < -0.39 is 0 Å². The fourth-order valence-corrected chi connectivity index (χ4v) is 5.05. The van der Waals surface area contributed by atoms with Crippen molar-refractivity contribution in [1.82, 2.24) is 15.2 Å². The molecule has 166 valence electrons. The van der Waals surface area contributed by atoms with Crippen molar-refractivity contribution in [2.45, 2.75) is 44.6 Å². The number of anilines is 2. The summed E-state index contributed by atoms with van der Waals surface area (Å²) >= 11 is 7.44. The third-order valence-corrected chi connectivity index (χ3v) is 6.89. The van der Waals surface area contributed by atoms with Gasteiger partial charge in [-0.15, -0.1) is 11.3 Å². The van der Waals surface area contributed by atoms with E-state index in [0.29, 0.717) is 23.9 Å². The first-order valence-corrected chi connectivity index (χ1v) is 12.1. The van der Waals surface area contributed by atoms with E-state index in [1.54, 1.807) is 0 Å². The molecule has 1 saturated carbocycles. The molecule has 1 saturated heterocycles. The number of halogens is 1. The molecular formula is C22H28ClN5O2S. The van der Waals surface area contributed by atoms with Crippen molar-refractivity contribution in [3.8, 4) is 0 Å². The maximum Gasteiger partial charge on any atom is 0.321 e. The van der Waals surface area contributed by atoms with Crippen molar-refractivity contribution in [2.75, 3.05) is 36.4 Å². The number of thiazole rings is 1. The molecule has 2 fully saturated rings.